The third-order valence-electron chi connectivity index (χ3n) is 1.57. The first-order valence-electron chi connectivity index (χ1n) is 3.57. The molecule has 0 amide bonds. The summed E-state index contributed by atoms with van der Waals surface area (Å²) < 4.78 is 0. The van der Waals surface area contributed by atoms with Crippen molar-refractivity contribution in [3.63, 3.8) is 0 Å². The zero-order valence-electron chi connectivity index (χ0n) is 7.89. The van der Waals surface area contributed by atoms with E-state index < -0.39 is 0 Å². The van der Waals surface area contributed by atoms with Gasteiger partial charge in [0.25, 0.3) is 0 Å². The molecule has 0 radical (unpaired) electrons. The minimum absolute atomic E-state index is 0. The van der Waals surface area contributed by atoms with Crippen molar-refractivity contribution in [3.05, 3.63) is 35.9 Å². The van der Waals surface area contributed by atoms with Gasteiger partial charge in [0.15, 0.2) is 0 Å². The Morgan fingerprint density at radius 1 is 1.25 bits per heavy atom. The van der Waals surface area contributed by atoms with Crippen molar-refractivity contribution >= 4 is 23.1 Å². The maximum absolute atomic E-state index is 3.07. The topological polar surface area (TPSA) is 0 Å². The molecule has 1 aromatic rings. The molecular weight excluding hydrogens is 180 g/mol. The number of hydrogen-bond acceptors (Lipinski definition) is 0. The van der Waals surface area contributed by atoms with Gasteiger partial charge in [-0.05, 0) is 0 Å². The van der Waals surface area contributed by atoms with Gasteiger partial charge in [0.05, 0.1) is 0 Å². The van der Waals surface area contributed by atoms with Crippen molar-refractivity contribution in [3.8, 4) is 0 Å². The van der Waals surface area contributed by atoms with Gasteiger partial charge in [0.2, 0.25) is 0 Å². The van der Waals surface area contributed by atoms with Crippen LogP contribution >= 0.6 is 0 Å². The fraction of sp³-hybridized carbons (Fsp3) is 0.400. The average Bonchev–Trinajstić information content (AvgIpc) is 1.88. The van der Waals surface area contributed by atoms with E-state index in [9.17, 15) is 0 Å². The summed E-state index contributed by atoms with van der Waals surface area (Å²) in [5, 5.41) is 0. The Bertz CT molecular complexity index is 201. The SMILES string of the molecule is CC(C)(C)c1c[c-]ccc1.[Cl-].[Mg+2]. The maximum Gasteiger partial charge on any atom is 2.00 e. The van der Waals surface area contributed by atoms with E-state index in [1.54, 1.807) is 0 Å². The molecule has 0 aliphatic carbocycles. The summed E-state index contributed by atoms with van der Waals surface area (Å²) in [6.45, 7) is 6.61. The molecule has 0 saturated carbocycles. The molecule has 0 unspecified atom stereocenters. The minimum Gasteiger partial charge on any atom is -1.00 e. The predicted octanol–water partition coefficient (Wildman–Crippen LogP) is -0.593. The summed E-state index contributed by atoms with van der Waals surface area (Å²) in [7, 11) is 0. The van der Waals surface area contributed by atoms with Crippen molar-refractivity contribution in [2.75, 3.05) is 0 Å². The van der Waals surface area contributed by atoms with Gasteiger partial charge in [-0.1, -0.05) is 26.2 Å². The molecule has 0 fully saturated rings. The molecule has 0 aliphatic rings. The second kappa shape index (κ2) is 5.84. The zero-order chi connectivity index (χ0) is 7.61. The number of hydrogen-bond donors (Lipinski definition) is 0. The molecule has 0 spiro atoms. The van der Waals surface area contributed by atoms with Crippen LogP contribution in [0, 0.1) is 6.07 Å². The molecule has 2 heteroatoms. The molecule has 0 N–H and O–H groups in total. The Kier molecular flexibility index (Phi) is 7.20. The van der Waals surface area contributed by atoms with Gasteiger partial charge in [-0.25, -0.2) is 0 Å². The molecule has 0 aromatic heterocycles. The first kappa shape index (κ1) is 14.8. The molecule has 1 rings (SSSR count). The summed E-state index contributed by atoms with van der Waals surface area (Å²) in [6, 6.07) is 11.2. The predicted molar refractivity (Wildman–Crippen MR) is 49.7 cm³/mol. The number of rotatable bonds is 0. The molecule has 0 saturated heterocycles. The minimum atomic E-state index is 0. The maximum atomic E-state index is 3.07. The number of benzene rings is 1. The van der Waals surface area contributed by atoms with Gasteiger partial charge >= 0.3 is 23.1 Å². The molecule has 0 aliphatic heterocycles. The van der Waals surface area contributed by atoms with Crippen LogP contribution in [-0.2, 0) is 5.41 Å². The Morgan fingerprint density at radius 2 is 1.83 bits per heavy atom. The Morgan fingerprint density at radius 3 is 2.08 bits per heavy atom. The Labute approximate surface area is 97.3 Å². The molecule has 1 aromatic carbocycles. The molecule has 0 nitrogen and oxygen atoms in total. The van der Waals surface area contributed by atoms with E-state index in [4.69, 9.17) is 0 Å². The van der Waals surface area contributed by atoms with E-state index in [0.29, 0.717) is 0 Å². The average molecular weight is 193 g/mol. The van der Waals surface area contributed by atoms with Crippen molar-refractivity contribution in [2.24, 2.45) is 0 Å². The van der Waals surface area contributed by atoms with E-state index in [2.05, 4.69) is 32.9 Å². The summed E-state index contributed by atoms with van der Waals surface area (Å²) in [5.41, 5.74) is 1.60. The summed E-state index contributed by atoms with van der Waals surface area (Å²) in [5.74, 6) is 0. The standard InChI is InChI=1S/C10H13.ClH.Mg/c1-10(2,3)9-7-5-4-6-8-9;;/h4-5,7-8H,1-3H3;1H;/q-1;;+2/p-1. The third kappa shape index (κ3) is 4.34. The van der Waals surface area contributed by atoms with Gasteiger partial charge in [-0.15, -0.1) is 0 Å². The molecule has 0 bridgehead atoms. The monoisotopic (exact) mass is 192 g/mol. The van der Waals surface area contributed by atoms with Gasteiger partial charge in [0.1, 0.15) is 0 Å². The first-order chi connectivity index (χ1) is 4.61. The summed E-state index contributed by atoms with van der Waals surface area (Å²) >= 11 is 0. The van der Waals surface area contributed by atoms with E-state index in [1.165, 1.54) is 5.56 Å². The fourth-order valence-electron chi connectivity index (χ4n) is 0.860. The van der Waals surface area contributed by atoms with Crippen LogP contribution in [0.15, 0.2) is 24.3 Å². The molecular formula is C10H13ClMg. The van der Waals surface area contributed by atoms with Gasteiger partial charge in [-0.2, -0.15) is 35.9 Å². The quantitative estimate of drug-likeness (QED) is 0.381. The van der Waals surface area contributed by atoms with E-state index in [0.717, 1.165) is 0 Å². The summed E-state index contributed by atoms with van der Waals surface area (Å²) in [6.07, 6.45) is 0. The van der Waals surface area contributed by atoms with Crippen LogP contribution in [0.5, 0.6) is 0 Å². The second-order valence-corrected chi connectivity index (χ2v) is 3.54. The Hall–Kier alpha value is 0.276. The van der Waals surface area contributed by atoms with Crippen LogP contribution < -0.4 is 12.4 Å². The van der Waals surface area contributed by atoms with Crippen LogP contribution in [0.3, 0.4) is 0 Å². The van der Waals surface area contributed by atoms with Crippen molar-refractivity contribution < 1.29 is 12.4 Å². The number of halogens is 1. The van der Waals surface area contributed by atoms with Crippen LogP contribution in [-0.4, -0.2) is 23.1 Å². The van der Waals surface area contributed by atoms with Crippen molar-refractivity contribution in [1.82, 2.24) is 0 Å². The van der Waals surface area contributed by atoms with E-state index >= 15 is 0 Å². The van der Waals surface area contributed by atoms with Crippen LogP contribution in [0.2, 0.25) is 0 Å². The zero-order valence-corrected chi connectivity index (χ0v) is 10.1. The molecule has 12 heavy (non-hydrogen) atoms. The normalized spacial score (nSPS) is 9.58. The second-order valence-electron chi connectivity index (χ2n) is 3.54. The molecule has 0 atom stereocenters. The Balaban J connectivity index is 0. The first-order valence-corrected chi connectivity index (χ1v) is 3.57. The van der Waals surface area contributed by atoms with Gasteiger partial charge in [0, 0.05) is 0 Å². The van der Waals surface area contributed by atoms with Crippen LogP contribution in [0.25, 0.3) is 0 Å². The van der Waals surface area contributed by atoms with E-state index in [-0.39, 0.29) is 40.9 Å². The third-order valence-corrected chi connectivity index (χ3v) is 1.57. The smallest absolute Gasteiger partial charge is 1.00 e. The van der Waals surface area contributed by atoms with Crippen LogP contribution in [0.4, 0.5) is 0 Å². The van der Waals surface area contributed by atoms with Gasteiger partial charge in [-0.3, -0.25) is 0 Å². The van der Waals surface area contributed by atoms with Crippen LogP contribution in [0.1, 0.15) is 26.3 Å². The molecule has 62 valence electrons. The molecule has 0 heterocycles. The summed E-state index contributed by atoms with van der Waals surface area (Å²) in [4.78, 5) is 0. The van der Waals surface area contributed by atoms with Crippen molar-refractivity contribution in [2.45, 2.75) is 26.2 Å². The fourth-order valence-corrected chi connectivity index (χ4v) is 0.860. The van der Waals surface area contributed by atoms with Gasteiger partial charge < -0.3 is 12.4 Å². The van der Waals surface area contributed by atoms with Crippen molar-refractivity contribution in [1.29, 1.82) is 0 Å². The van der Waals surface area contributed by atoms with E-state index in [1.807, 2.05) is 18.2 Å². The largest absolute Gasteiger partial charge is 2.00 e.